The molecule has 1 aliphatic heterocycles. The first-order valence-electron chi connectivity index (χ1n) is 8.83. The van der Waals surface area contributed by atoms with Crippen LogP contribution >= 0.6 is 11.3 Å². The van der Waals surface area contributed by atoms with Gasteiger partial charge in [0.2, 0.25) is 5.91 Å². The van der Waals surface area contributed by atoms with Crippen molar-refractivity contribution in [3.8, 4) is 0 Å². The number of thiazole rings is 1. The normalized spacial score (nSPS) is 18.8. The molecule has 1 atom stereocenters. The fraction of sp³-hybridized carbons (Fsp3) is 0.438. The van der Waals surface area contributed by atoms with Crippen molar-refractivity contribution >= 4 is 38.2 Å². The molecule has 1 amide bonds. The number of carbonyl (C=O) groups is 1. The van der Waals surface area contributed by atoms with Crippen LogP contribution in [0.1, 0.15) is 37.8 Å². The van der Waals surface area contributed by atoms with Gasteiger partial charge in [-0.15, -0.1) is 0 Å². The summed E-state index contributed by atoms with van der Waals surface area (Å²) in [5.41, 5.74) is 0.896. The zero-order valence-corrected chi connectivity index (χ0v) is 16.8. The second kappa shape index (κ2) is 7.53. The zero-order valence-electron chi connectivity index (χ0n) is 15.1. The Morgan fingerprint density at radius 3 is 2.96 bits per heavy atom. The third-order valence-corrected chi connectivity index (χ3v) is 7.84. The highest BCUT2D eigenvalue weighted by Crippen LogP contribution is 2.32. The van der Waals surface area contributed by atoms with Crippen LogP contribution in [0.5, 0.6) is 0 Å². The van der Waals surface area contributed by atoms with E-state index in [-0.39, 0.29) is 21.2 Å². The summed E-state index contributed by atoms with van der Waals surface area (Å²) in [6.07, 6.45) is 6.95. The number of sulfonamides is 1. The number of aromatic nitrogens is 5. The third kappa shape index (κ3) is 3.62. The van der Waals surface area contributed by atoms with Gasteiger partial charge in [0, 0.05) is 32.1 Å². The van der Waals surface area contributed by atoms with Crippen LogP contribution in [-0.2, 0) is 14.8 Å². The molecule has 0 saturated carbocycles. The molecule has 1 fully saturated rings. The van der Waals surface area contributed by atoms with Gasteiger partial charge < -0.3 is 5.32 Å². The predicted octanol–water partition coefficient (Wildman–Crippen LogP) is 1.50. The molecule has 0 bridgehead atoms. The Balaban J connectivity index is 1.63. The average Bonchev–Trinajstić information content (AvgIpc) is 3.25. The smallest absolute Gasteiger partial charge is 0.254 e. The van der Waals surface area contributed by atoms with Crippen molar-refractivity contribution in [1.29, 1.82) is 0 Å². The quantitative estimate of drug-likeness (QED) is 0.677. The molecule has 1 unspecified atom stereocenters. The lowest BCUT2D eigenvalue weighted by atomic mass is 9.99. The van der Waals surface area contributed by atoms with Crippen LogP contribution in [-0.4, -0.2) is 56.3 Å². The highest BCUT2D eigenvalue weighted by Gasteiger charge is 2.32. The summed E-state index contributed by atoms with van der Waals surface area (Å²) in [7, 11) is -3.70. The van der Waals surface area contributed by atoms with Crippen molar-refractivity contribution in [3.63, 3.8) is 0 Å². The lowest BCUT2D eigenvalue weighted by molar-refractivity contribution is -0.114. The molecule has 28 heavy (non-hydrogen) atoms. The summed E-state index contributed by atoms with van der Waals surface area (Å²) in [4.78, 5) is 23.5. The predicted molar refractivity (Wildman–Crippen MR) is 103 cm³/mol. The lowest BCUT2D eigenvalue weighted by Crippen LogP contribution is -2.34. The van der Waals surface area contributed by atoms with Gasteiger partial charge in [-0.3, -0.25) is 4.79 Å². The molecule has 0 radical (unpaired) electrons. The maximum absolute atomic E-state index is 13.2. The van der Waals surface area contributed by atoms with E-state index in [9.17, 15) is 13.2 Å². The van der Waals surface area contributed by atoms with E-state index >= 15 is 0 Å². The molecule has 0 spiro atoms. The summed E-state index contributed by atoms with van der Waals surface area (Å²) < 4.78 is 29.6. The summed E-state index contributed by atoms with van der Waals surface area (Å²) in [6, 6.07) is 1.87. The fourth-order valence-electron chi connectivity index (χ4n) is 3.35. The van der Waals surface area contributed by atoms with Crippen LogP contribution in [0.2, 0.25) is 0 Å². The van der Waals surface area contributed by atoms with E-state index in [2.05, 4.69) is 25.4 Å². The van der Waals surface area contributed by atoms with Gasteiger partial charge in [0.25, 0.3) is 15.8 Å². The first-order valence-corrected chi connectivity index (χ1v) is 11.1. The van der Waals surface area contributed by atoms with Crippen LogP contribution in [0, 0.1) is 0 Å². The number of fused-ring (bicyclic) bond motifs is 1. The average molecular weight is 422 g/mol. The number of amides is 1. The van der Waals surface area contributed by atoms with Crippen molar-refractivity contribution in [2.45, 2.75) is 36.3 Å². The molecule has 4 rings (SSSR count). The van der Waals surface area contributed by atoms with Crippen molar-refractivity contribution in [2.24, 2.45) is 0 Å². The molecule has 4 heterocycles. The number of hydrogen-bond acceptors (Lipinski definition) is 8. The first kappa shape index (κ1) is 18.9. The number of rotatable bonds is 4. The molecule has 1 aliphatic rings. The van der Waals surface area contributed by atoms with Gasteiger partial charge in [0.05, 0.1) is 11.9 Å². The third-order valence-electron chi connectivity index (χ3n) is 4.62. The second-order valence-electron chi connectivity index (χ2n) is 6.56. The molecular formula is C16H19N7O3S2. The van der Waals surface area contributed by atoms with Crippen LogP contribution in [0.25, 0.3) is 5.78 Å². The number of nitrogens with zero attached hydrogens (tertiary/aromatic N) is 6. The number of nitrogens with one attached hydrogen (secondary N) is 1. The second-order valence-corrected chi connectivity index (χ2v) is 9.76. The zero-order chi connectivity index (χ0) is 19.7. The topological polar surface area (TPSA) is 122 Å². The van der Waals surface area contributed by atoms with E-state index < -0.39 is 10.0 Å². The molecule has 148 valence electrons. The van der Waals surface area contributed by atoms with Gasteiger partial charge in [-0.05, 0) is 18.9 Å². The summed E-state index contributed by atoms with van der Waals surface area (Å²) in [6.45, 7) is 2.14. The Hall–Kier alpha value is -2.44. The van der Waals surface area contributed by atoms with Gasteiger partial charge in [-0.25, -0.2) is 22.9 Å². The Morgan fingerprint density at radius 2 is 2.14 bits per heavy atom. The van der Waals surface area contributed by atoms with E-state index in [0.29, 0.717) is 18.9 Å². The number of anilines is 1. The monoisotopic (exact) mass is 421 g/mol. The SMILES string of the molecule is CC(=O)Nc1ncc(S(=O)(=O)N2CCCCC(c3ccnc4ncnn34)C2)s1. The van der Waals surface area contributed by atoms with Crippen LogP contribution in [0.4, 0.5) is 5.13 Å². The van der Waals surface area contributed by atoms with E-state index in [0.717, 1.165) is 36.3 Å². The minimum absolute atomic E-state index is 0.0211. The van der Waals surface area contributed by atoms with E-state index in [1.54, 1.807) is 10.7 Å². The molecule has 1 N–H and O–H groups in total. The van der Waals surface area contributed by atoms with Gasteiger partial charge in [-0.1, -0.05) is 17.8 Å². The maximum atomic E-state index is 13.2. The molecular weight excluding hydrogens is 402 g/mol. The maximum Gasteiger partial charge on any atom is 0.254 e. The number of hydrogen-bond donors (Lipinski definition) is 1. The van der Waals surface area contributed by atoms with Gasteiger partial charge >= 0.3 is 0 Å². The molecule has 0 aliphatic carbocycles. The number of carbonyl (C=O) groups excluding carboxylic acids is 1. The first-order chi connectivity index (χ1) is 13.4. The highest BCUT2D eigenvalue weighted by molar-refractivity contribution is 7.91. The minimum Gasteiger partial charge on any atom is -0.302 e. The Bertz CT molecular complexity index is 1110. The molecule has 3 aromatic rings. The summed E-state index contributed by atoms with van der Waals surface area (Å²) >= 11 is 0.959. The molecule has 0 aromatic carbocycles. The van der Waals surface area contributed by atoms with Crippen LogP contribution < -0.4 is 5.32 Å². The fourth-order valence-corrected chi connectivity index (χ4v) is 6.10. The van der Waals surface area contributed by atoms with E-state index in [1.807, 2.05) is 6.07 Å². The van der Waals surface area contributed by atoms with E-state index in [1.165, 1.54) is 23.8 Å². The summed E-state index contributed by atoms with van der Waals surface area (Å²) in [5, 5.41) is 7.03. The van der Waals surface area contributed by atoms with Crippen molar-refractivity contribution in [3.05, 3.63) is 30.5 Å². The van der Waals surface area contributed by atoms with E-state index in [4.69, 9.17) is 0 Å². The minimum atomic E-state index is -3.70. The van der Waals surface area contributed by atoms with Gasteiger partial charge in [-0.2, -0.15) is 14.4 Å². The van der Waals surface area contributed by atoms with Crippen molar-refractivity contribution in [1.82, 2.24) is 28.9 Å². The van der Waals surface area contributed by atoms with Gasteiger partial charge in [0.15, 0.2) is 9.34 Å². The van der Waals surface area contributed by atoms with Crippen molar-refractivity contribution in [2.75, 3.05) is 18.4 Å². The Morgan fingerprint density at radius 1 is 1.29 bits per heavy atom. The Labute approximate surface area is 165 Å². The molecule has 3 aromatic heterocycles. The van der Waals surface area contributed by atoms with Gasteiger partial charge in [0.1, 0.15) is 6.33 Å². The largest absolute Gasteiger partial charge is 0.302 e. The summed E-state index contributed by atoms with van der Waals surface area (Å²) in [5.74, 6) is 0.188. The molecule has 1 saturated heterocycles. The highest BCUT2D eigenvalue weighted by atomic mass is 32.2. The molecule has 12 heteroatoms. The Kier molecular flexibility index (Phi) is 5.08. The van der Waals surface area contributed by atoms with Crippen LogP contribution in [0.3, 0.4) is 0 Å². The molecule has 10 nitrogen and oxygen atoms in total. The lowest BCUT2D eigenvalue weighted by Gasteiger charge is -2.23. The van der Waals surface area contributed by atoms with Crippen LogP contribution in [0.15, 0.2) is 29.0 Å². The van der Waals surface area contributed by atoms with Crippen molar-refractivity contribution < 1.29 is 13.2 Å². The standard InChI is InChI=1S/C16H19N7O3S2/c1-11(24)21-16-18-8-14(27-16)28(25,26)22-7-3-2-4-12(9-22)13-5-6-17-15-19-10-20-23(13)15/h5-6,8,10,12H,2-4,7,9H2,1H3,(H,18,21,24).